The van der Waals surface area contributed by atoms with Crippen molar-refractivity contribution in [3.8, 4) is 0 Å². The molecule has 0 aromatic heterocycles. The van der Waals surface area contributed by atoms with Gasteiger partial charge in [0.05, 0.1) is 17.7 Å². The smallest absolute Gasteiger partial charge is 0.252 e. The number of ether oxygens (including phenoxy) is 1. The normalized spacial score (nSPS) is 27.2. The maximum absolute atomic E-state index is 12.2. The van der Waals surface area contributed by atoms with Crippen LogP contribution in [-0.2, 0) is 4.74 Å². The molecule has 0 spiro atoms. The number of nitrogens with one attached hydrogen (secondary N) is 1. The van der Waals surface area contributed by atoms with Crippen molar-refractivity contribution in [1.29, 1.82) is 0 Å². The lowest BCUT2D eigenvalue weighted by molar-refractivity contribution is 0.0728. The monoisotopic (exact) mass is 263 g/mol. The zero-order valence-corrected chi connectivity index (χ0v) is 11.0. The molecule has 18 heavy (non-hydrogen) atoms. The summed E-state index contributed by atoms with van der Waals surface area (Å²) in [6, 6.07) is 7.54. The lowest BCUT2D eigenvalue weighted by Gasteiger charge is -2.19. The minimum Gasteiger partial charge on any atom is -0.376 e. The van der Waals surface area contributed by atoms with E-state index in [9.17, 15) is 4.79 Å². The van der Waals surface area contributed by atoms with Gasteiger partial charge in [-0.05, 0) is 37.3 Å². The molecule has 2 unspecified atom stereocenters. The second-order valence-electron chi connectivity index (χ2n) is 5.06. The molecule has 1 aliphatic carbocycles. The molecular weight excluding hydrogens is 246 g/mol. The highest BCUT2D eigenvalue weighted by Crippen LogP contribution is 2.38. The fourth-order valence-electron chi connectivity index (χ4n) is 2.57. The van der Waals surface area contributed by atoms with Gasteiger partial charge in [0, 0.05) is 11.5 Å². The van der Waals surface area contributed by atoms with Gasteiger partial charge in [-0.1, -0.05) is 12.1 Å². The molecule has 1 aromatic rings. The third kappa shape index (κ3) is 2.40. The Kier molecular flexibility index (Phi) is 3.31. The predicted molar refractivity (Wildman–Crippen MR) is 72.0 cm³/mol. The molecule has 4 heteroatoms. The second-order valence-corrected chi connectivity index (χ2v) is 5.54. The largest absolute Gasteiger partial charge is 0.376 e. The molecule has 0 radical (unpaired) electrons. The first-order chi connectivity index (χ1) is 8.75. The molecule has 1 heterocycles. The maximum atomic E-state index is 12.2. The van der Waals surface area contributed by atoms with E-state index in [1.807, 2.05) is 18.2 Å². The Bertz CT molecular complexity index is 459. The highest BCUT2D eigenvalue weighted by atomic mass is 32.1. The molecule has 1 saturated heterocycles. The highest BCUT2D eigenvalue weighted by Gasteiger charge is 2.41. The summed E-state index contributed by atoms with van der Waals surface area (Å²) in [5, 5.41) is 3.09. The fraction of sp³-hybridized carbons (Fsp3) is 0.500. The molecule has 1 saturated carbocycles. The number of benzene rings is 1. The summed E-state index contributed by atoms with van der Waals surface area (Å²) in [6.07, 6.45) is 3.61. The summed E-state index contributed by atoms with van der Waals surface area (Å²) < 4.78 is 5.72. The van der Waals surface area contributed by atoms with Crippen LogP contribution in [0.1, 0.15) is 29.6 Å². The van der Waals surface area contributed by atoms with Gasteiger partial charge >= 0.3 is 0 Å². The molecule has 96 valence electrons. The van der Waals surface area contributed by atoms with Crippen molar-refractivity contribution in [2.75, 3.05) is 6.61 Å². The number of hydrogen-bond acceptors (Lipinski definition) is 3. The van der Waals surface area contributed by atoms with Gasteiger partial charge in [-0.3, -0.25) is 4.79 Å². The fourth-order valence-corrected chi connectivity index (χ4v) is 2.83. The van der Waals surface area contributed by atoms with E-state index < -0.39 is 0 Å². The molecule has 2 aliphatic rings. The van der Waals surface area contributed by atoms with Crippen LogP contribution in [0.3, 0.4) is 0 Å². The van der Waals surface area contributed by atoms with Gasteiger partial charge in [0.15, 0.2) is 0 Å². The van der Waals surface area contributed by atoms with Crippen molar-refractivity contribution >= 4 is 18.5 Å². The zero-order chi connectivity index (χ0) is 12.5. The molecular formula is C14H17NO2S. The first-order valence-electron chi connectivity index (χ1n) is 6.46. The van der Waals surface area contributed by atoms with Crippen molar-refractivity contribution in [3.05, 3.63) is 29.8 Å². The molecule has 1 amide bonds. The number of rotatable bonds is 3. The molecule has 1 aliphatic heterocycles. The van der Waals surface area contributed by atoms with Crippen LogP contribution in [0.5, 0.6) is 0 Å². The summed E-state index contributed by atoms with van der Waals surface area (Å²) >= 11 is 4.32. The minimum absolute atomic E-state index is 0.0400. The molecule has 3 rings (SSSR count). The summed E-state index contributed by atoms with van der Waals surface area (Å²) in [4.78, 5) is 12.9. The van der Waals surface area contributed by atoms with Gasteiger partial charge in [-0.15, -0.1) is 12.6 Å². The Labute approximate surface area is 112 Å². The Hall–Kier alpha value is -1.00. The van der Waals surface area contributed by atoms with Crippen molar-refractivity contribution in [3.63, 3.8) is 0 Å². The van der Waals surface area contributed by atoms with E-state index in [2.05, 4.69) is 17.9 Å². The SMILES string of the molecule is O=C(NC1CCOC1C1CC1)c1ccccc1S. The third-order valence-electron chi connectivity index (χ3n) is 3.69. The predicted octanol–water partition coefficient (Wildman–Crippen LogP) is 2.27. The lowest BCUT2D eigenvalue weighted by Crippen LogP contribution is -2.41. The number of hydrogen-bond donors (Lipinski definition) is 2. The van der Waals surface area contributed by atoms with E-state index in [0.29, 0.717) is 11.5 Å². The first-order valence-corrected chi connectivity index (χ1v) is 6.91. The van der Waals surface area contributed by atoms with E-state index in [0.717, 1.165) is 17.9 Å². The van der Waals surface area contributed by atoms with Crippen molar-refractivity contribution in [1.82, 2.24) is 5.32 Å². The molecule has 0 bridgehead atoms. The number of carbonyl (C=O) groups is 1. The van der Waals surface area contributed by atoms with Gasteiger partial charge in [0.1, 0.15) is 0 Å². The highest BCUT2D eigenvalue weighted by molar-refractivity contribution is 7.80. The van der Waals surface area contributed by atoms with Gasteiger partial charge in [0.25, 0.3) is 5.91 Å². The van der Waals surface area contributed by atoms with Gasteiger partial charge in [0.2, 0.25) is 0 Å². The van der Waals surface area contributed by atoms with Gasteiger partial charge < -0.3 is 10.1 Å². The summed E-state index contributed by atoms with van der Waals surface area (Å²) in [5.41, 5.74) is 0.641. The number of carbonyl (C=O) groups excluding carboxylic acids is 1. The van der Waals surface area contributed by atoms with E-state index >= 15 is 0 Å². The van der Waals surface area contributed by atoms with Crippen LogP contribution < -0.4 is 5.32 Å². The summed E-state index contributed by atoms with van der Waals surface area (Å²) in [6.45, 7) is 0.759. The lowest BCUT2D eigenvalue weighted by atomic mass is 10.1. The van der Waals surface area contributed by atoms with E-state index in [1.165, 1.54) is 12.8 Å². The van der Waals surface area contributed by atoms with Crippen LogP contribution in [0, 0.1) is 5.92 Å². The summed E-state index contributed by atoms with van der Waals surface area (Å²) in [7, 11) is 0. The zero-order valence-electron chi connectivity index (χ0n) is 10.1. The number of thiol groups is 1. The molecule has 1 N–H and O–H groups in total. The molecule has 2 fully saturated rings. The van der Waals surface area contributed by atoms with E-state index in [1.54, 1.807) is 6.07 Å². The van der Waals surface area contributed by atoms with Gasteiger partial charge in [-0.25, -0.2) is 0 Å². The Balaban J connectivity index is 1.69. The van der Waals surface area contributed by atoms with Gasteiger partial charge in [-0.2, -0.15) is 0 Å². The van der Waals surface area contributed by atoms with E-state index in [4.69, 9.17) is 4.74 Å². The second kappa shape index (κ2) is 4.94. The topological polar surface area (TPSA) is 38.3 Å². The Morgan fingerprint density at radius 2 is 2.06 bits per heavy atom. The average molecular weight is 263 g/mol. The van der Waals surface area contributed by atoms with Crippen molar-refractivity contribution < 1.29 is 9.53 Å². The molecule has 3 nitrogen and oxygen atoms in total. The quantitative estimate of drug-likeness (QED) is 0.821. The summed E-state index contributed by atoms with van der Waals surface area (Å²) in [5.74, 6) is 0.616. The first kappa shape index (κ1) is 12.1. The van der Waals surface area contributed by atoms with Crippen LogP contribution in [-0.4, -0.2) is 24.7 Å². The Morgan fingerprint density at radius 1 is 1.28 bits per heavy atom. The molecule has 2 atom stereocenters. The maximum Gasteiger partial charge on any atom is 0.252 e. The van der Waals surface area contributed by atoms with Crippen molar-refractivity contribution in [2.24, 2.45) is 5.92 Å². The van der Waals surface area contributed by atoms with Crippen LogP contribution in [0.2, 0.25) is 0 Å². The van der Waals surface area contributed by atoms with Crippen LogP contribution >= 0.6 is 12.6 Å². The van der Waals surface area contributed by atoms with Crippen LogP contribution in [0.25, 0.3) is 0 Å². The average Bonchev–Trinajstić information content (AvgIpc) is 3.11. The van der Waals surface area contributed by atoms with E-state index in [-0.39, 0.29) is 18.1 Å². The number of amides is 1. The minimum atomic E-state index is -0.0400. The molecule has 1 aromatic carbocycles. The van der Waals surface area contributed by atoms with Crippen molar-refractivity contribution in [2.45, 2.75) is 36.3 Å². The Morgan fingerprint density at radius 3 is 2.78 bits per heavy atom. The van der Waals surface area contributed by atoms with Crippen LogP contribution in [0.4, 0.5) is 0 Å². The van der Waals surface area contributed by atoms with Crippen LogP contribution in [0.15, 0.2) is 29.2 Å². The third-order valence-corrected chi connectivity index (χ3v) is 4.08. The standard InChI is InChI=1S/C14H17NO2S/c16-14(10-3-1-2-4-12(10)18)15-11-7-8-17-13(11)9-5-6-9/h1-4,9,11,13,18H,5-8H2,(H,15,16).